The quantitative estimate of drug-likeness (QED) is 0.721. The highest BCUT2D eigenvalue weighted by Crippen LogP contribution is 2.23. The van der Waals surface area contributed by atoms with Crippen LogP contribution in [0.5, 0.6) is 6.01 Å². The van der Waals surface area contributed by atoms with Gasteiger partial charge >= 0.3 is 12.0 Å². The van der Waals surface area contributed by atoms with Gasteiger partial charge in [-0.2, -0.15) is 15.0 Å². The van der Waals surface area contributed by atoms with E-state index >= 15 is 0 Å². The molecule has 4 rings (SSSR count). The average Bonchev–Trinajstić information content (AvgIpc) is 2.80. The van der Waals surface area contributed by atoms with E-state index in [-0.39, 0.29) is 24.1 Å². The van der Waals surface area contributed by atoms with Crippen molar-refractivity contribution in [3.63, 3.8) is 0 Å². The van der Waals surface area contributed by atoms with Crippen LogP contribution >= 0.6 is 0 Å². The van der Waals surface area contributed by atoms with E-state index < -0.39 is 0 Å². The second kappa shape index (κ2) is 9.25. The summed E-state index contributed by atoms with van der Waals surface area (Å²) in [5.41, 5.74) is 6.23. The molecular weight excluding hydrogens is 402 g/mol. The van der Waals surface area contributed by atoms with Crippen LogP contribution in [0.4, 0.5) is 16.7 Å². The highest BCUT2D eigenvalue weighted by atomic mass is 16.5. The van der Waals surface area contributed by atoms with Crippen molar-refractivity contribution < 1.29 is 14.3 Å². The Bertz CT molecular complexity index is 895. The molecule has 4 heterocycles. The lowest BCUT2D eigenvalue weighted by Crippen LogP contribution is -2.46. The second-order valence-electron chi connectivity index (χ2n) is 7.65. The summed E-state index contributed by atoms with van der Waals surface area (Å²) in [6, 6.07) is 0.263. The number of ether oxygens (including phenoxy) is 2. The number of amides is 2. The fourth-order valence-electron chi connectivity index (χ4n) is 3.48. The Morgan fingerprint density at radius 1 is 1.10 bits per heavy atom. The Kier molecular flexibility index (Phi) is 6.26. The number of rotatable bonds is 4. The van der Waals surface area contributed by atoms with Crippen LogP contribution in [0.1, 0.15) is 12.8 Å². The van der Waals surface area contributed by atoms with Gasteiger partial charge in [-0.1, -0.05) is 0 Å². The third kappa shape index (κ3) is 5.08. The molecule has 2 aromatic rings. The molecule has 2 aromatic heterocycles. The Morgan fingerprint density at radius 3 is 2.42 bits per heavy atom. The van der Waals surface area contributed by atoms with Crippen LogP contribution in [0.3, 0.4) is 0 Å². The number of carbonyl (C=O) groups excluding carboxylic acids is 1. The Morgan fingerprint density at radius 2 is 1.77 bits per heavy atom. The summed E-state index contributed by atoms with van der Waals surface area (Å²) in [6.45, 7) is 3.85. The number of nitrogens with two attached hydrogens (primary N) is 1. The normalized spacial score (nSPS) is 17.5. The maximum atomic E-state index is 12.1. The zero-order chi connectivity index (χ0) is 21.8. The van der Waals surface area contributed by atoms with Crippen molar-refractivity contribution in [3.8, 4) is 17.4 Å². The predicted octanol–water partition coefficient (Wildman–Crippen LogP) is 0.272. The minimum Gasteiger partial charge on any atom is -0.460 e. The van der Waals surface area contributed by atoms with Gasteiger partial charge in [0.1, 0.15) is 6.10 Å². The molecule has 0 unspecified atom stereocenters. The van der Waals surface area contributed by atoms with Crippen molar-refractivity contribution in [1.29, 1.82) is 0 Å². The summed E-state index contributed by atoms with van der Waals surface area (Å²) >= 11 is 0. The summed E-state index contributed by atoms with van der Waals surface area (Å²) in [7, 11) is 3.51. The Labute approximate surface area is 180 Å². The summed E-state index contributed by atoms with van der Waals surface area (Å²) in [6.07, 6.45) is 4.49. The first kappa shape index (κ1) is 21.0. The molecule has 2 fully saturated rings. The highest BCUT2D eigenvalue weighted by Gasteiger charge is 2.26. The first-order valence-electron chi connectivity index (χ1n) is 10.3. The number of likely N-dealkylation sites (tertiary alicyclic amines) is 1. The van der Waals surface area contributed by atoms with E-state index in [0.29, 0.717) is 69.6 Å². The van der Waals surface area contributed by atoms with E-state index in [1.54, 1.807) is 31.4 Å². The van der Waals surface area contributed by atoms with Crippen molar-refractivity contribution in [3.05, 3.63) is 12.4 Å². The zero-order valence-corrected chi connectivity index (χ0v) is 17.8. The number of hydrogen-bond donors (Lipinski definition) is 1. The van der Waals surface area contributed by atoms with Crippen molar-refractivity contribution in [2.24, 2.45) is 0 Å². The van der Waals surface area contributed by atoms with E-state index in [4.69, 9.17) is 15.2 Å². The minimum atomic E-state index is -0.0818. The molecule has 2 aliphatic heterocycles. The summed E-state index contributed by atoms with van der Waals surface area (Å²) in [5.74, 6) is 1.13. The zero-order valence-electron chi connectivity index (χ0n) is 17.8. The number of anilines is 2. The van der Waals surface area contributed by atoms with Crippen LogP contribution in [0.2, 0.25) is 0 Å². The third-order valence-electron chi connectivity index (χ3n) is 5.19. The molecule has 12 nitrogen and oxygen atoms in total. The molecule has 0 spiro atoms. The van der Waals surface area contributed by atoms with Gasteiger partial charge in [0.25, 0.3) is 0 Å². The lowest BCUT2D eigenvalue weighted by atomic mass is 10.1. The van der Waals surface area contributed by atoms with Crippen LogP contribution < -0.4 is 15.4 Å². The molecule has 0 bridgehead atoms. The van der Waals surface area contributed by atoms with E-state index in [0.717, 1.165) is 0 Å². The number of piperidine rings is 1. The number of nitrogens with zero attached hydrogens (tertiary/aromatic N) is 8. The van der Waals surface area contributed by atoms with E-state index in [1.165, 1.54) is 0 Å². The molecule has 0 radical (unpaired) electrons. The standard InChI is InChI=1S/C19H27N9O3/c1-26(2)19(29)28-5-3-14(4-6-28)31-18-24-15(13-11-21-16(20)22-12-13)23-17(25-18)27-7-9-30-10-8-27/h11-12,14H,3-10H2,1-2H3,(H2,20,21,22). The molecule has 2 N–H and O–H groups in total. The monoisotopic (exact) mass is 429 g/mol. The third-order valence-corrected chi connectivity index (χ3v) is 5.19. The maximum Gasteiger partial charge on any atom is 0.322 e. The van der Waals surface area contributed by atoms with Gasteiger partial charge in [0.15, 0.2) is 5.82 Å². The average molecular weight is 429 g/mol. The number of morpholine rings is 1. The first-order chi connectivity index (χ1) is 15.0. The van der Waals surface area contributed by atoms with Crippen molar-refractivity contribution in [2.75, 3.05) is 64.1 Å². The van der Waals surface area contributed by atoms with Crippen LogP contribution in [0.15, 0.2) is 12.4 Å². The van der Waals surface area contributed by atoms with Crippen LogP contribution in [0, 0.1) is 0 Å². The van der Waals surface area contributed by atoms with Gasteiger partial charge < -0.3 is 29.9 Å². The molecule has 2 saturated heterocycles. The Hall–Kier alpha value is -3.28. The van der Waals surface area contributed by atoms with E-state index in [2.05, 4.69) is 24.9 Å². The number of urea groups is 1. The molecule has 0 aliphatic carbocycles. The first-order valence-corrected chi connectivity index (χ1v) is 10.3. The highest BCUT2D eigenvalue weighted by molar-refractivity contribution is 5.73. The molecule has 166 valence electrons. The van der Waals surface area contributed by atoms with Crippen LogP contribution in [0.25, 0.3) is 11.4 Å². The number of hydrogen-bond acceptors (Lipinski definition) is 10. The summed E-state index contributed by atoms with van der Waals surface area (Å²) < 4.78 is 11.6. The largest absolute Gasteiger partial charge is 0.460 e. The molecular formula is C19H27N9O3. The van der Waals surface area contributed by atoms with Gasteiger partial charge in [0.2, 0.25) is 11.9 Å². The molecule has 12 heteroatoms. The van der Waals surface area contributed by atoms with Crippen molar-refractivity contribution >= 4 is 17.9 Å². The van der Waals surface area contributed by atoms with Crippen LogP contribution in [-0.4, -0.2) is 100 Å². The number of aromatic nitrogens is 5. The summed E-state index contributed by atoms with van der Waals surface area (Å²) in [4.78, 5) is 39.3. The predicted molar refractivity (Wildman–Crippen MR) is 113 cm³/mol. The lowest BCUT2D eigenvalue weighted by molar-refractivity contribution is 0.0945. The van der Waals surface area contributed by atoms with Gasteiger partial charge in [-0.3, -0.25) is 0 Å². The van der Waals surface area contributed by atoms with Crippen molar-refractivity contribution in [1.82, 2.24) is 34.7 Å². The molecule has 2 amide bonds. The number of carbonyl (C=O) groups is 1. The van der Waals surface area contributed by atoms with E-state index in [9.17, 15) is 4.79 Å². The van der Waals surface area contributed by atoms with Gasteiger partial charge in [-0.15, -0.1) is 0 Å². The van der Waals surface area contributed by atoms with Crippen LogP contribution in [-0.2, 0) is 4.74 Å². The molecule has 0 atom stereocenters. The smallest absolute Gasteiger partial charge is 0.322 e. The fraction of sp³-hybridized carbons (Fsp3) is 0.579. The molecule has 0 saturated carbocycles. The molecule has 0 aromatic carbocycles. The fourth-order valence-corrected chi connectivity index (χ4v) is 3.48. The SMILES string of the molecule is CN(C)C(=O)N1CCC(Oc2nc(-c3cnc(N)nc3)nc(N3CCOCC3)n2)CC1. The molecule has 31 heavy (non-hydrogen) atoms. The Balaban J connectivity index is 1.53. The van der Waals surface area contributed by atoms with Crippen molar-refractivity contribution in [2.45, 2.75) is 18.9 Å². The van der Waals surface area contributed by atoms with Gasteiger partial charge in [-0.25, -0.2) is 14.8 Å². The van der Waals surface area contributed by atoms with Gasteiger partial charge in [0.05, 0.1) is 18.8 Å². The maximum absolute atomic E-state index is 12.1. The summed E-state index contributed by atoms with van der Waals surface area (Å²) in [5, 5.41) is 0. The second-order valence-corrected chi connectivity index (χ2v) is 7.65. The van der Waals surface area contributed by atoms with Gasteiger partial charge in [0, 0.05) is 65.5 Å². The van der Waals surface area contributed by atoms with E-state index in [1.807, 2.05) is 9.80 Å². The molecule has 2 aliphatic rings. The topological polar surface area (TPSA) is 136 Å². The lowest BCUT2D eigenvalue weighted by Gasteiger charge is -2.33. The van der Waals surface area contributed by atoms with Gasteiger partial charge in [-0.05, 0) is 0 Å². The number of nitrogen functional groups attached to an aromatic ring is 1. The minimum absolute atomic E-state index is 0.0128.